The summed E-state index contributed by atoms with van der Waals surface area (Å²) in [4.78, 5) is 5.33. The lowest BCUT2D eigenvalue weighted by atomic mass is 10.00. The molecule has 2 unspecified atom stereocenters. The maximum Gasteiger partial charge on any atom is 0.206 e. The van der Waals surface area contributed by atoms with Gasteiger partial charge in [-0.15, -0.1) is 0 Å². The molecule has 0 saturated carbocycles. The SMILES string of the molecule is C1#CC(c2ccc(-c3ccccc3)cc2)NC(n2c3ccccc3c3ccccc32)=NC1c1ccc(-c2ccccc2)cc1. The molecule has 1 aromatic heterocycles. The van der Waals surface area contributed by atoms with Gasteiger partial charge in [0.15, 0.2) is 0 Å². The number of rotatable bonds is 4. The van der Waals surface area contributed by atoms with Crippen LogP contribution in [0.5, 0.6) is 0 Å². The topological polar surface area (TPSA) is 29.3 Å². The summed E-state index contributed by atoms with van der Waals surface area (Å²) >= 11 is 0. The molecule has 1 aliphatic heterocycles. The van der Waals surface area contributed by atoms with Gasteiger partial charge in [0, 0.05) is 10.8 Å². The quantitative estimate of drug-likeness (QED) is 0.212. The number of aliphatic imine (C=N–C) groups is 1. The van der Waals surface area contributed by atoms with Gasteiger partial charge in [0.25, 0.3) is 0 Å². The van der Waals surface area contributed by atoms with E-state index in [0.29, 0.717) is 0 Å². The molecule has 1 N–H and O–H groups in total. The first-order valence-corrected chi connectivity index (χ1v) is 15.0. The highest BCUT2D eigenvalue weighted by molar-refractivity contribution is 6.14. The van der Waals surface area contributed by atoms with E-state index in [1.54, 1.807) is 0 Å². The zero-order chi connectivity index (χ0) is 29.3. The molecule has 3 heteroatoms. The fourth-order valence-corrected chi connectivity index (χ4v) is 6.10. The summed E-state index contributed by atoms with van der Waals surface area (Å²) < 4.78 is 2.25. The standard InChI is InChI=1S/C41H29N3/c1-3-11-29(12-4-1)31-19-23-33(24-20-31)37-27-28-38(34-25-21-32(22-26-34)30-13-5-2-6-14-30)43-41(42-37)44-39-17-9-7-15-35(39)36-16-8-10-18-40(36)44/h1-26,37-38H,(H,42,43). The Kier molecular flexibility index (Phi) is 6.51. The number of benzene rings is 6. The van der Waals surface area contributed by atoms with Gasteiger partial charge in [-0.3, -0.25) is 4.57 Å². The number of nitrogens with one attached hydrogen (secondary N) is 1. The Hall–Kier alpha value is -5.85. The zero-order valence-corrected chi connectivity index (χ0v) is 24.1. The summed E-state index contributed by atoms with van der Waals surface area (Å²) in [5.41, 5.74) is 9.15. The van der Waals surface area contributed by atoms with Crippen molar-refractivity contribution in [3.8, 4) is 34.1 Å². The van der Waals surface area contributed by atoms with Gasteiger partial charge < -0.3 is 5.32 Å². The van der Waals surface area contributed by atoms with Crippen molar-refractivity contribution in [2.75, 3.05) is 0 Å². The van der Waals surface area contributed by atoms with Crippen molar-refractivity contribution in [2.24, 2.45) is 4.99 Å². The van der Waals surface area contributed by atoms with E-state index < -0.39 is 0 Å². The number of nitrogens with zero attached hydrogens (tertiary/aromatic N) is 2. The number of hydrogen-bond donors (Lipinski definition) is 1. The predicted octanol–water partition coefficient (Wildman–Crippen LogP) is 9.42. The largest absolute Gasteiger partial charge is 0.338 e. The van der Waals surface area contributed by atoms with E-state index in [2.05, 4.69) is 167 Å². The molecular formula is C41H29N3. The highest BCUT2D eigenvalue weighted by Gasteiger charge is 2.22. The molecule has 0 radical (unpaired) electrons. The molecule has 2 heterocycles. The van der Waals surface area contributed by atoms with Gasteiger partial charge in [-0.05, 0) is 45.5 Å². The second-order valence-corrected chi connectivity index (χ2v) is 11.1. The number of hydrogen-bond acceptors (Lipinski definition) is 2. The third kappa shape index (κ3) is 4.73. The molecule has 0 amide bonds. The molecule has 0 fully saturated rings. The van der Waals surface area contributed by atoms with Crippen molar-refractivity contribution >= 4 is 27.8 Å². The molecule has 2 atom stereocenters. The Labute approximate surface area is 257 Å². The maximum absolute atomic E-state index is 5.33. The van der Waals surface area contributed by atoms with Crippen LogP contribution in [0, 0.1) is 11.8 Å². The minimum absolute atomic E-state index is 0.230. The van der Waals surface area contributed by atoms with E-state index in [1.165, 1.54) is 33.0 Å². The first-order chi connectivity index (χ1) is 21.8. The molecule has 0 bridgehead atoms. The van der Waals surface area contributed by atoms with Gasteiger partial charge >= 0.3 is 0 Å². The summed E-state index contributed by atoms with van der Waals surface area (Å²) in [6.45, 7) is 0. The highest BCUT2D eigenvalue weighted by Crippen LogP contribution is 2.31. The van der Waals surface area contributed by atoms with E-state index in [-0.39, 0.29) is 12.1 Å². The average Bonchev–Trinajstić information content (AvgIpc) is 3.28. The maximum atomic E-state index is 5.33. The normalized spacial score (nSPS) is 16.0. The van der Waals surface area contributed by atoms with Crippen molar-refractivity contribution < 1.29 is 0 Å². The molecule has 3 nitrogen and oxygen atoms in total. The van der Waals surface area contributed by atoms with Crippen molar-refractivity contribution in [1.29, 1.82) is 0 Å². The van der Waals surface area contributed by atoms with Crippen LogP contribution in [0.1, 0.15) is 23.2 Å². The lowest BCUT2D eigenvalue weighted by Crippen LogP contribution is -2.33. The van der Waals surface area contributed by atoms with Crippen LogP contribution in [-0.4, -0.2) is 10.5 Å². The summed E-state index contributed by atoms with van der Waals surface area (Å²) in [5, 5.41) is 6.15. The van der Waals surface area contributed by atoms with E-state index >= 15 is 0 Å². The summed E-state index contributed by atoms with van der Waals surface area (Å²) in [5.74, 6) is 7.85. The third-order valence-corrected chi connectivity index (χ3v) is 8.37. The van der Waals surface area contributed by atoms with Crippen LogP contribution in [-0.2, 0) is 0 Å². The molecule has 0 aliphatic carbocycles. The van der Waals surface area contributed by atoms with E-state index in [9.17, 15) is 0 Å². The minimum Gasteiger partial charge on any atom is -0.338 e. The first kappa shape index (κ1) is 25.8. The van der Waals surface area contributed by atoms with Crippen LogP contribution in [0.2, 0.25) is 0 Å². The lowest BCUT2D eigenvalue weighted by Gasteiger charge is -2.19. The molecule has 0 spiro atoms. The Balaban J connectivity index is 1.24. The Morgan fingerprint density at radius 1 is 0.455 bits per heavy atom. The molecular weight excluding hydrogens is 534 g/mol. The number of aromatic nitrogens is 1. The van der Waals surface area contributed by atoms with Crippen molar-refractivity contribution in [2.45, 2.75) is 12.1 Å². The third-order valence-electron chi connectivity index (χ3n) is 8.37. The Morgan fingerprint density at radius 2 is 0.909 bits per heavy atom. The minimum atomic E-state index is -0.323. The van der Waals surface area contributed by atoms with Crippen molar-refractivity contribution in [3.05, 3.63) is 169 Å². The fraction of sp³-hybridized carbons (Fsp3) is 0.0488. The summed E-state index contributed by atoms with van der Waals surface area (Å²) in [6, 6.07) is 54.8. The van der Waals surface area contributed by atoms with E-state index in [4.69, 9.17) is 4.99 Å². The smallest absolute Gasteiger partial charge is 0.206 e. The summed E-state index contributed by atoms with van der Waals surface area (Å²) in [6.07, 6.45) is 0. The van der Waals surface area contributed by atoms with Crippen LogP contribution >= 0.6 is 0 Å². The van der Waals surface area contributed by atoms with E-state index in [1.807, 2.05) is 12.1 Å². The predicted molar refractivity (Wildman–Crippen MR) is 182 cm³/mol. The molecule has 1 aliphatic rings. The average molecular weight is 564 g/mol. The summed E-state index contributed by atoms with van der Waals surface area (Å²) in [7, 11) is 0. The Bertz CT molecular complexity index is 2130. The van der Waals surface area contributed by atoms with Gasteiger partial charge in [-0.1, -0.05) is 157 Å². The second-order valence-electron chi connectivity index (χ2n) is 11.1. The van der Waals surface area contributed by atoms with Crippen LogP contribution in [0.25, 0.3) is 44.1 Å². The van der Waals surface area contributed by atoms with Crippen molar-refractivity contribution in [1.82, 2.24) is 9.88 Å². The van der Waals surface area contributed by atoms with Gasteiger partial charge in [0.2, 0.25) is 5.96 Å². The van der Waals surface area contributed by atoms with Gasteiger partial charge in [-0.2, -0.15) is 0 Å². The molecule has 0 saturated heterocycles. The molecule has 208 valence electrons. The highest BCUT2D eigenvalue weighted by atomic mass is 15.2. The molecule has 44 heavy (non-hydrogen) atoms. The van der Waals surface area contributed by atoms with Crippen molar-refractivity contribution in [3.63, 3.8) is 0 Å². The van der Waals surface area contributed by atoms with Crippen LogP contribution in [0.15, 0.2) is 163 Å². The lowest BCUT2D eigenvalue weighted by molar-refractivity contribution is 0.791. The van der Waals surface area contributed by atoms with Gasteiger partial charge in [-0.25, -0.2) is 4.99 Å². The monoisotopic (exact) mass is 563 g/mol. The zero-order valence-electron chi connectivity index (χ0n) is 24.1. The van der Waals surface area contributed by atoms with Crippen LogP contribution < -0.4 is 5.32 Å². The van der Waals surface area contributed by atoms with Gasteiger partial charge in [0.05, 0.1) is 11.0 Å². The molecule has 6 aromatic carbocycles. The number of fused-ring (bicyclic) bond motifs is 3. The van der Waals surface area contributed by atoms with Crippen LogP contribution in [0.3, 0.4) is 0 Å². The fourth-order valence-electron chi connectivity index (χ4n) is 6.10. The van der Waals surface area contributed by atoms with E-state index in [0.717, 1.165) is 28.1 Å². The van der Waals surface area contributed by atoms with Crippen LogP contribution in [0.4, 0.5) is 0 Å². The Morgan fingerprint density at radius 3 is 1.45 bits per heavy atom. The molecule has 7 aromatic rings. The number of para-hydroxylation sites is 2. The van der Waals surface area contributed by atoms with Gasteiger partial charge in [0.1, 0.15) is 12.1 Å². The first-order valence-electron chi connectivity index (χ1n) is 15.0. The second kappa shape index (κ2) is 11.1. The molecule has 8 rings (SSSR count).